The van der Waals surface area contributed by atoms with E-state index in [9.17, 15) is 4.79 Å². The van der Waals surface area contributed by atoms with E-state index in [0.717, 1.165) is 10.4 Å². The summed E-state index contributed by atoms with van der Waals surface area (Å²) in [7, 11) is 0. The van der Waals surface area contributed by atoms with Crippen LogP contribution in [-0.2, 0) is 0 Å². The third kappa shape index (κ3) is 2.40. The molecule has 0 bridgehead atoms. The lowest BCUT2D eigenvalue weighted by molar-refractivity contribution is 1.14. The normalized spacial score (nSPS) is 12.0. The molecule has 3 nitrogen and oxygen atoms in total. The molecule has 100 valence electrons. The lowest BCUT2D eigenvalue weighted by atomic mass is 10.2. The molecule has 0 saturated carbocycles. The Bertz CT molecular complexity index is 863. The van der Waals surface area contributed by atoms with Crippen LogP contribution in [0.5, 0.6) is 0 Å². The monoisotopic (exact) mass is 302 g/mol. The molecular weight excluding hydrogens is 292 g/mol. The Hall–Kier alpha value is -1.91. The Balaban J connectivity index is 2.13. The molecule has 0 radical (unpaired) electrons. The van der Waals surface area contributed by atoms with Gasteiger partial charge >= 0.3 is 0 Å². The highest BCUT2D eigenvalue weighted by Gasteiger charge is 2.07. The first-order chi connectivity index (χ1) is 9.65. The van der Waals surface area contributed by atoms with Gasteiger partial charge in [-0.15, -0.1) is 11.3 Å². The van der Waals surface area contributed by atoms with Gasteiger partial charge < -0.3 is 4.98 Å². The molecule has 0 amide bonds. The molecule has 20 heavy (non-hydrogen) atoms. The highest BCUT2D eigenvalue weighted by Crippen LogP contribution is 2.24. The van der Waals surface area contributed by atoms with Crippen molar-refractivity contribution in [1.82, 2.24) is 9.97 Å². The molecule has 1 aromatic carbocycles. The number of nitrogens with one attached hydrogen (secondary N) is 1. The average molecular weight is 303 g/mol. The van der Waals surface area contributed by atoms with E-state index in [2.05, 4.69) is 9.97 Å². The van der Waals surface area contributed by atoms with Crippen LogP contribution in [0, 0.1) is 6.92 Å². The van der Waals surface area contributed by atoms with Crippen LogP contribution in [0.25, 0.3) is 22.0 Å². The number of aromatic amines is 1. The van der Waals surface area contributed by atoms with Gasteiger partial charge in [0.1, 0.15) is 0 Å². The van der Waals surface area contributed by atoms with Crippen LogP contribution in [0.4, 0.5) is 0 Å². The molecule has 0 aliphatic carbocycles. The number of benzene rings is 1. The number of aryl methyl sites for hydroxylation is 1. The van der Waals surface area contributed by atoms with Gasteiger partial charge in [-0.1, -0.05) is 23.7 Å². The molecule has 2 aromatic heterocycles. The Labute approximate surface area is 124 Å². The number of fused-ring (bicyclic) bond motifs is 1. The fourth-order valence-electron chi connectivity index (χ4n) is 1.92. The second kappa shape index (κ2) is 5.23. The first-order valence-electron chi connectivity index (χ1n) is 6.06. The number of para-hydroxylation sites is 1. The number of rotatable bonds is 2. The lowest BCUT2D eigenvalue weighted by Crippen LogP contribution is -2.10. The van der Waals surface area contributed by atoms with Gasteiger partial charge in [0.15, 0.2) is 5.82 Å². The second-order valence-electron chi connectivity index (χ2n) is 4.39. The molecule has 0 unspecified atom stereocenters. The molecule has 5 heteroatoms. The number of halogens is 1. The summed E-state index contributed by atoms with van der Waals surface area (Å²) in [5.74, 6) is 0.392. The first kappa shape index (κ1) is 13.1. The van der Waals surface area contributed by atoms with Gasteiger partial charge in [-0.25, -0.2) is 4.98 Å². The number of hydrogen-bond donors (Lipinski definition) is 1. The molecule has 0 fully saturated rings. The van der Waals surface area contributed by atoms with Crippen molar-refractivity contribution >= 4 is 44.9 Å². The minimum atomic E-state index is -0.181. The van der Waals surface area contributed by atoms with Gasteiger partial charge in [0, 0.05) is 4.88 Å². The van der Waals surface area contributed by atoms with E-state index in [1.165, 1.54) is 0 Å². The number of thiophene rings is 1. The van der Waals surface area contributed by atoms with Gasteiger partial charge in [0.2, 0.25) is 0 Å². The quantitative estimate of drug-likeness (QED) is 0.777. The lowest BCUT2D eigenvalue weighted by Gasteiger charge is -2.01. The fraction of sp³-hybridized carbons (Fsp3) is 0.0667. The summed E-state index contributed by atoms with van der Waals surface area (Å²) in [5, 5.41) is 2.99. The maximum absolute atomic E-state index is 12.0. The van der Waals surface area contributed by atoms with Crippen LogP contribution in [0.15, 0.2) is 40.5 Å². The van der Waals surface area contributed by atoms with Crippen molar-refractivity contribution in [2.45, 2.75) is 6.92 Å². The SMILES string of the molecule is Cc1ccsc1/C=C(\Cl)c1nc2ccccc2c(=O)[nH]1. The number of aromatic nitrogens is 2. The highest BCUT2D eigenvalue weighted by atomic mass is 35.5. The zero-order chi connectivity index (χ0) is 14.1. The highest BCUT2D eigenvalue weighted by molar-refractivity contribution is 7.11. The van der Waals surface area contributed by atoms with Crippen molar-refractivity contribution in [2.24, 2.45) is 0 Å². The van der Waals surface area contributed by atoms with Gasteiger partial charge in [0.05, 0.1) is 15.9 Å². The summed E-state index contributed by atoms with van der Waals surface area (Å²) in [6, 6.07) is 9.23. The van der Waals surface area contributed by atoms with Gasteiger partial charge in [-0.05, 0) is 42.1 Å². The molecule has 3 aromatic rings. The van der Waals surface area contributed by atoms with Crippen LogP contribution in [0.3, 0.4) is 0 Å². The van der Waals surface area contributed by atoms with E-state index in [0.29, 0.717) is 21.8 Å². The predicted molar refractivity (Wildman–Crippen MR) is 85.1 cm³/mol. The molecular formula is C15H11ClN2OS. The van der Waals surface area contributed by atoms with Crippen LogP contribution >= 0.6 is 22.9 Å². The zero-order valence-corrected chi connectivity index (χ0v) is 12.3. The van der Waals surface area contributed by atoms with Gasteiger partial charge in [-0.2, -0.15) is 0 Å². The first-order valence-corrected chi connectivity index (χ1v) is 7.31. The van der Waals surface area contributed by atoms with E-state index < -0.39 is 0 Å². The molecule has 1 N–H and O–H groups in total. The second-order valence-corrected chi connectivity index (χ2v) is 5.75. The van der Waals surface area contributed by atoms with E-state index in [1.807, 2.05) is 36.6 Å². The Morgan fingerprint density at radius 3 is 2.90 bits per heavy atom. The maximum atomic E-state index is 12.0. The zero-order valence-electron chi connectivity index (χ0n) is 10.7. The Morgan fingerprint density at radius 1 is 1.35 bits per heavy atom. The van der Waals surface area contributed by atoms with E-state index >= 15 is 0 Å². The largest absolute Gasteiger partial charge is 0.305 e. The molecule has 0 aliphatic rings. The summed E-state index contributed by atoms with van der Waals surface area (Å²) < 4.78 is 0. The summed E-state index contributed by atoms with van der Waals surface area (Å²) in [5.41, 5.74) is 1.61. The van der Waals surface area contributed by atoms with Gasteiger partial charge in [-0.3, -0.25) is 4.79 Å². The smallest absolute Gasteiger partial charge is 0.259 e. The molecule has 3 rings (SSSR count). The summed E-state index contributed by atoms with van der Waals surface area (Å²) >= 11 is 7.88. The topological polar surface area (TPSA) is 45.8 Å². The van der Waals surface area contributed by atoms with Crippen LogP contribution < -0.4 is 5.56 Å². The van der Waals surface area contributed by atoms with Crippen LogP contribution in [-0.4, -0.2) is 9.97 Å². The van der Waals surface area contributed by atoms with Gasteiger partial charge in [0.25, 0.3) is 5.56 Å². The fourth-order valence-corrected chi connectivity index (χ4v) is 3.04. The Kier molecular flexibility index (Phi) is 3.42. The van der Waals surface area contributed by atoms with Crippen molar-refractivity contribution in [3.8, 4) is 0 Å². The number of nitrogens with zero attached hydrogens (tertiary/aromatic N) is 1. The molecule has 0 spiro atoms. The van der Waals surface area contributed by atoms with Crippen molar-refractivity contribution in [3.05, 3.63) is 62.3 Å². The third-order valence-corrected chi connectivity index (χ3v) is 4.25. The molecule has 0 saturated heterocycles. The van der Waals surface area contributed by atoms with Crippen molar-refractivity contribution in [3.63, 3.8) is 0 Å². The van der Waals surface area contributed by atoms with E-state index in [4.69, 9.17) is 11.6 Å². The predicted octanol–water partition coefficient (Wildman–Crippen LogP) is 4.03. The van der Waals surface area contributed by atoms with E-state index in [1.54, 1.807) is 23.5 Å². The van der Waals surface area contributed by atoms with Crippen LogP contribution in [0.1, 0.15) is 16.3 Å². The summed E-state index contributed by atoms with van der Waals surface area (Å²) in [6.45, 7) is 2.02. The minimum absolute atomic E-state index is 0.181. The van der Waals surface area contributed by atoms with E-state index in [-0.39, 0.29) is 5.56 Å². The summed E-state index contributed by atoms with van der Waals surface area (Å²) in [6.07, 6.45) is 1.83. The van der Waals surface area contributed by atoms with Crippen molar-refractivity contribution in [1.29, 1.82) is 0 Å². The van der Waals surface area contributed by atoms with Crippen LogP contribution in [0.2, 0.25) is 0 Å². The maximum Gasteiger partial charge on any atom is 0.259 e. The number of H-pyrrole nitrogens is 1. The molecule has 0 aliphatic heterocycles. The molecule has 0 atom stereocenters. The standard InChI is InChI=1S/C15H11ClN2OS/c1-9-6-7-20-13(9)8-11(16)14-17-12-5-3-2-4-10(12)15(19)18-14/h2-8H,1H3,(H,17,18,19)/b11-8-. The average Bonchev–Trinajstić information content (AvgIpc) is 2.84. The van der Waals surface area contributed by atoms with Crippen molar-refractivity contribution in [2.75, 3.05) is 0 Å². The minimum Gasteiger partial charge on any atom is -0.305 e. The Morgan fingerprint density at radius 2 is 2.15 bits per heavy atom. The summed E-state index contributed by atoms with van der Waals surface area (Å²) in [4.78, 5) is 20.2. The number of hydrogen-bond acceptors (Lipinski definition) is 3. The molecule has 2 heterocycles. The van der Waals surface area contributed by atoms with Crippen molar-refractivity contribution < 1.29 is 0 Å². The third-order valence-electron chi connectivity index (χ3n) is 3.00.